The van der Waals surface area contributed by atoms with Gasteiger partial charge in [0.15, 0.2) is 17.5 Å². The maximum atomic E-state index is 15.1. The first kappa shape index (κ1) is 29.6. The summed E-state index contributed by atoms with van der Waals surface area (Å²) < 4.78 is 30.1. The van der Waals surface area contributed by atoms with Crippen molar-refractivity contribution < 1.29 is 8.78 Å². The second-order valence-electron chi connectivity index (χ2n) is 10.3. The molecule has 1 saturated carbocycles. The molecular formula is C30H39F2N7S. The molecule has 0 bridgehead atoms. The van der Waals surface area contributed by atoms with Gasteiger partial charge in [-0.25, -0.2) is 13.8 Å². The van der Waals surface area contributed by atoms with Gasteiger partial charge in [-0.15, -0.1) is 11.8 Å². The number of aromatic nitrogens is 2. The number of halogens is 2. The molecule has 214 valence electrons. The van der Waals surface area contributed by atoms with Gasteiger partial charge in [0, 0.05) is 53.3 Å². The van der Waals surface area contributed by atoms with Gasteiger partial charge in [-0.05, 0) is 82.8 Å². The molecule has 0 saturated heterocycles. The standard InChI is InChI=1S/C30H39F2N7S/c1-7-17(2)27(22(16-33)25-9-8-12-34-25)28(20-10-11-20)30(36-26-13-18(3)37-38-26)35-19(4)39(5)29-23(31)14-21(40-6)15-24(29)32/h13-16,20H,7-12,33H2,1-6H3,(H2,36,37,38)/b22-16+,27-17+,30-28+,35-19+. The van der Waals surface area contributed by atoms with E-state index in [1.165, 1.54) is 34.4 Å². The van der Waals surface area contributed by atoms with E-state index in [2.05, 4.69) is 29.4 Å². The highest BCUT2D eigenvalue weighted by Gasteiger charge is 2.35. The number of aliphatic imine (C=N–C) groups is 2. The smallest absolute Gasteiger partial charge is 0.153 e. The first-order valence-electron chi connectivity index (χ1n) is 13.7. The van der Waals surface area contributed by atoms with Crippen molar-refractivity contribution in [2.45, 2.75) is 64.7 Å². The van der Waals surface area contributed by atoms with Gasteiger partial charge >= 0.3 is 0 Å². The van der Waals surface area contributed by atoms with Crippen LogP contribution in [0.15, 0.2) is 67.4 Å². The molecule has 1 aromatic heterocycles. The van der Waals surface area contributed by atoms with Gasteiger partial charge in [-0.3, -0.25) is 10.1 Å². The van der Waals surface area contributed by atoms with Gasteiger partial charge < -0.3 is 16.0 Å². The summed E-state index contributed by atoms with van der Waals surface area (Å²) in [6, 6.07) is 4.59. The van der Waals surface area contributed by atoms with Crippen molar-refractivity contribution in [1.82, 2.24) is 10.2 Å². The molecule has 2 heterocycles. The first-order valence-corrected chi connectivity index (χ1v) is 14.9. The lowest BCUT2D eigenvalue weighted by molar-refractivity contribution is 0.579. The fourth-order valence-electron chi connectivity index (χ4n) is 4.89. The second kappa shape index (κ2) is 12.8. The molecule has 4 rings (SSSR count). The van der Waals surface area contributed by atoms with Crippen molar-refractivity contribution >= 4 is 34.8 Å². The van der Waals surface area contributed by atoms with E-state index in [-0.39, 0.29) is 11.6 Å². The van der Waals surface area contributed by atoms with Crippen LogP contribution in [0, 0.1) is 24.5 Å². The molecule has 1 fully saturated rings. The number of rotatable bonds is 10. The van der Waals surface area contributed by atoms with E-state index < -0.39 is 11.6 Å². The number of hydrogen-bond donors (Lipinski definition) is 3. The van der Waals surface area contributed by atoms with Crippen LogP contribution in [-0.2, 0) is 0 Å². The molecule has 1 aromatic carbocycles. The number of amidine groups is 1. The third kappa shape index (κ3) is 6.49. The quantitative estimate of drug-likeness (QED) is 0.123. The van der Waals surface area contributed by atoms with E-state index in [4.69, 9.17) is 15.7 Å². The van der Waals surface area contributed by atoms with E-state index in [0.717, 1.165) is 66.8 Å². The monoisotopic (exact) mass is 567 g/mol. The highest BCUT2D eigenvalue weighted by Crippen LogP contribution is 2.46. The summed E-state index contributed by atoms with van der Waals surface area (Å²) in [6.45, 7) is 8.71. The van der Waals surface area contributed by atoms with Crippen LogP contribution in [0.3, 0.4) is 0 Å². The van der Waals surface area contributed by atoms with Gasteiger partial charge in [0.2, 0.25) is 0 Å². The number of thioether (sulfide) groups is 1. The number of benzene rings is 1. The summed E-state index contributed by atoms with van der Waals surface area (Å²) in [5, 5.41) is 10.8. The molecule has 4 N–H and O–H groups in total. The Morgan fingerprint density at radius 1 is 1.25 bits per heavy atom. The topological polar surface area (TPSA) is 94.7 Å². The highest BCUT2D eigenvalue weighted by atomic mass is 32.2. The van der Waals surface area contributed by atoms with Gasteiger partial charge in [-0.2, -0.15) is 5.10 Å². The predicted octanol–water partition coefficient (Wildman–Crippen LogP) is 7.11. The lowest BCUT2D eigenvalue weighted by Gasteiger charge is -2.24. The Morgan fingerprint density at radius 3 is 2.45 bits per heavy atom. The third-order valence-electron chi connectivity index (χ3n) is 7.36. The van der Waals surface area contributed by atoms with Crippen molar-refractivity contribution in [2.75, 3.05) is 30.1 Å². The van der Waals surface area contributed by atoms with Crippen LogP contribution < -0.4 is 16.0 Å². The van der Waals surface area contributed by atoms with E-state index in [1.807, 2.05) is 13.0 Å². The number of hydrogen-bond acceptors (Lipinski definition) is 6. The Hall–Kier alpha value is -3.40. The molecule has 0 spiro atoms. The van der Waals surface area contributed by atoms with Gasteiger partial charge in [-0.1, -0.05) is 12.5 Å². The van der Waals surface area contributed by atoms with Crippen LogP contribution in [0.4, 0.5) is 20.3 Å². The maximum Gasteiger partial charge on any atom is 0.153 e. The Morgan fingerprint density at radius 2 is 1.95 bits per heavy atom. The van der Waals surface area contributed by atoms with E-state index >= 15 is 8.78 Å². The lowest BCUT2D eigenvalue weighted by Crippen LogP contribution is -2.26. The van der Waals surface area contributed by atoms with Crippen LogP contribution >= 0.6 is 11.8 Å². The molecule has 1 aliphatic carbocycles. The first-order chi connectivity index (χ1) is 19.2. The van der Waals surface area contributed by atoms with Crippen LogP contribution in [-0.4, -0.2) is 41.6 Å². The van der Waals surface area contributed by atoms with Crippen molar-refractivity contribution in [3.05, 3.63) is 69.8 Å². The Labute approximate surface area is 239 Å². The van der Waals surface area contributed by atoms with Crippen LogP contribution in [0.1, 0.15) is 58.6 Å². The summed E-state index contributed by atoms with van der Waals surface area (Å²) in [6.07, 6.45) is 8.17. The largest absolute Gasteiger partial charge is 0.404 e. The van der Waals surface area contributed by atoms with E-state index in [1.54, 1.807) is 26.4 Å². The number of nitrogens with zero attached hydrogens (tertiary/aromatic N) is 4. The van der Waals surface area contributed by atoms with Crippen molar-refractivity contribution in [3.63, 3.8) is 0 Å². The van der Waals surface area contributed by atoms with Crippen molar-refractivity contribution in [3.8, 4) is 0 Å². The minimum atomic E-state index is -0.639. The number of nitrogens with two attached hydrogens (primary N) is 1. The number of aromatic amines is 1. The molecule has 2 aromatic rings. The lowest BCUT2D eigenvalue weighted by atomic mass is 9.86. The summed E-state index contributed by atoms with van der Waals surface area (Å²) >= 11 is 1.29. The van der Waals surface area contributed by atoms with Gasteiger partial charge in [0.05, 0.1) is 0 Å². The zero-order chi connectivity index (χ0) is 29.0. The fourth-order valence-corrected chi connectivity index (χ4v) is 5.33. The third-order valence-corrected chi connectivity index (χ3v) is 8.07. The molecular weight excluding hydrogens is 528 g/mol. The molecule has 0 radical (unpaired) electrons. The summed E-state index contributed by atoms with van der Waals surface area (Å²) in [7, 11) is 1.62. The number of nitrogens with one attached hydrogen (secondary N) is 2. The zero-order valence-electron chi connectivity index (χ0n) is 24.2. The molecule has 7 nitrogen and oxygen atoms in total. The normalized spacial score (nSPS) is 17.4. The molecule has 0 unspecified atom stereocenters. The summed E-state index contributed by atoms with van der Waals surface area (Å²) in [5.41, 5.74) is 12.2. The van der Waals surface area contributed by atoms with E-state index in [9.17, 15) is 0 Å². The number of H-pyrrole nitrogens is 1. The Kier molecular flexibility index (Phi) is 9.50. The van der Waals surface area contributed by atoms with Gasteiger partial charge in [0.25, 0.3) is 0 Å². The second-order valence-corrected chi connectivity index (χ2v) is 11.2. The fraction of sp³-hybridized carbons (Fsp3) is 0.433. The molecule has 2 aliphatic rings. The highest BCUT2D eigenvalue weighted by molar-refractivity contribution is 7.98. The summed E-state index contributed by atoms with van der Waals surface area (Å²) in [5.74, 6) is 0.595. The Bertz CT molecular complexity index is 1390. The van der Waals surface area contributed by atoms with Crippen molar-refractivity contribution in [2.24, 2.45) is 21.6 Å². The minimum Gasteiger partial charge on any atom is -0.404 e. The van der Waals surface area contributed by atoms with Crippen molar-refractivity contribution in [1.29, 1.82) is 0 Å². The average molecular weight is 568 g/mol. The molecule has 0 atom stereocenters. The maximum absolute atomic E-state index is 15.1. The Balaban J connectivity index is 1.91. The molecule has 40 heavy (non-hydrogen) atoms. The number of allylic oxidation sites excluding steroid dienone is 4. The average Bonchev–Trinajstić information content (AvgIpc) is 3.44. The summed E-state index contributed by atoms with van der Waals surface area (Å²) in [4.78, 5) is 11.7. The van der Waals surface area contributed by atoms with Crippen LogP contribution in [0.5, 0.6) is 0 Å². The van der Waals surface area contributed by atoms with Gasteiger partial charge in [0.1, 0.15) is 17.3 Å². The van der Waals surface area contributed by atoms with Crippen LogP contribution in [0.25, 0.3) is 0 Å². The minimum absolute atomic E-state index is 0.148. The molecule has 1 aliphatic heterocycles. The number of anilines is 2. The predicted molar refractivity (Wildman–Crippen MR) is 163 cm³/mol. The zero-order valence-corrected chi connectivity index (χ0v) is 25.0. The number of aryl methyl sites for hydroxylation is 1. The van der Waals surface area contributed by atoms with E-state index in [0.29, 0.717) is 22.4 Å². The van der Waals surface area contributed by atoms with Crippen LogP contribution in [0.2, 0.25) is 0 Å². The SMILES string of the molecule is CC/C(C)=C(C(=C\N)\C1=NCCC1)/C(=C(\N=C(/C)N(C)c1c(F)cc(SC)cc1F)Nc1cc(C)[nH]n1)C1CC1. The molecule has 0 amide bonds. The molecule has 10 heteroatoms.